The van der Waals surface area contributed by atoms with Crippen molar-refractivity contribution < 1.29 is 4.74 Å². The van der Waals surface area contributed by atoms with Gasteiger partial charge < -0.3 is 20.7 Å². The number of nitrogens with one attached hydrogen (secondary N) is 3. The Morgan fingerprint density at radius 1 is 1.00 bits per heavy atom. The molecule has 7 nitrogen and oxygen atoms in total. The molecule has 0 aliphatic carbocycles. The number of anilines is 4. The van der Waals surface area contributed by atoms with Crippen molar-refractivity contribution in [2.24, 2.45) is 5.92 Å². The van der Waals surface area contributed by atoms with Crippen molar-refractivity contribution in [2.75, 3.05) is 30.3 Å². The van der Waals surface area contributed by atoms with Gasteiger partial charge in [-0.2, -0.15) is 4.98 Å². The summed E-state index contributed by atoms with van der Waals surface area (Å²) in [5, 5.41) is 10.4. The van der Waals surface area contributed by atoms with Crippen molar-refractivity contribution in [1.82, 2.24) is 20.3 Å². The lowest BCUT2D eigenvalue weighted by Crippen LogP contribution is -2.28. The first-order chi connectivity index (χ1) is 15.7. The summed E-state index contributed by atoms with van der Waals surface area (Å²) in [4.78, 5) is 13.2. The van der Waals surface area contributed by atoms with Crippen LogP contribution in [-0.2, 0) is 12.8 Å². The minimum absolute atomic E-state index is 0.459. The summed E-state index contributed by atoms with van der Waals surface area (Å²) in [7, 11) is 0. The van der Waals surface area contributed by atoms with E-state index in [1.54, 1.807) is 12.4 Å². The number of hydrogen-bond donors (Lipinski definition) is 3. The Bertz CT molecular complexity index is 1090. The molecule has 2 aliphatic heterocycles. The number of benzene rings is 1. The number of piperidine rings is 1. The number of aryl methyl sites for hydroxylation is 2. The molecule has 1 saturated heterocycles. The van der Waals surface area contributed by atoms with Gasteiger partial charge in [0.15, 0.2) is 5.82 Å². The molecule has 0 atom stereocenters. The van der Waals surface area contributed by atoms with Crippen molar-refractivity contribution in [1.29, 1.82) is 0 Å². The maximum absolute atomic E-state index is 6.35. The highest BCUT2D eigenvalue weighted by molar-refractivity contribution is 6.32. The number of pyridine rings is 1. The van der Waals surface area contributed by atoms with Crippen LogP contribution in [0, 0.1) is 5.92 Å². The number of fused-ring (bicyclic) bond motifs is 6. The van der Waals surface area contributed by atoms with Gasteiger partial charge in [-0.05, 0) is 86.5 Å². The van der Waals surface area contributed by atoms with Gasteiger partial charge >= 0.3 is 0 Å². The number of aromatic nitrogens is 3. The van der Waals surface area contributed by atoms with Gasteiger partial charge in [0, 0.05) is 11.9 Å². The van der Waals surface area contributed by atoms with E-state index in [1.807, 2.05) is 18.3 Å². The first-order valence-corrected chi connectivity index (χ1v) is 11.6. The standard InChI is InChI=1S/C24H27ClN6O/c25-21-15-28-24-30-20-11-17(13-27-14-20)1-2-18-12-19(29-23(21)31-24)3-4-22(18)32-10-7-16-5-8-26-9-6-16/h3-4,11-16,26H,1-2,5-10H2,(H2,28,29,30,31). The molecule has 3 aromatic rings. The summed E-state index contributed by atoms with van der Waals surface area (Å²) >= 11 is 6.35. The molecule has 166 valence electrons. The fourth-order valence-electron chi connectivity index (χ4n) is 4.25. The Labute approximate surface area is 193 Å². The number of hydrogen-bond acceptors (Lipinski definition) is 7. The summed E-state index contributed by atoms with van der Waals surface area (Å²) in [6.45, 7) is 2.98. The van der Waals surface area contributed by atoms with Gasteiger partial charge in [0.25, 0.3) is 0 Å². The highest BCUT2D eigenvalue weighted by atomic mass is 35.5. The quantitative estimate of drug-likeness (QED) is 0.522. The van der Waals surface area contributed by atoms with Crippen LogP contribution in [0.4, 0.5) is 23.1 Å². The lowest BCUT2D eigenvalue weighted by molar-refractivity contribution is 0.250. The van der Waals surface area contributed by atoms with E-state index in [-0.39, 0.29) is 0 Å². The van der Waals surface area contributed by atoms with Gasteiger partial charge in [0.1, 0.15) is 10.8 Å². The summed E-state index contributed by atoms with van der Waals surface area (Å²) < 4.78 is 6.26. The molecule has 6 bridgehead atoms. The third-order valence-corrected chi connectivity index (χ3v) is 6.32. The highest BCUT2D eigenvalue weighted by Crippen LogP contribution is 2.30. The second kappa shape index (κ2) is 9.71. The van der Waals surface area contributed by atoms with E-state index in [9.17, 15) is 0 Å². The van der Waals surface area contributed by atoms with Crippen LogP contribution in [0.15, 0.2) is 42.9 Å². The number of halogens is 1. The van der Waals surface area contributed by atoms with Crippen molar-refractivity contribution >= 4 is 34.7 Å². The molecule has 8 heteroatoms. The monoisotopic (exact) mass is 450 g/mol. The van der Waals surface area contributed by atoms with Gasteiger partial charge in [0.2, 0.25) is 5.95 Å². The lowest BCUT2D eigenvalue weighted by Gasteiger charge is -2.23. The van der Waals surface area contributed by atoms with Gasteiger partial charge in [-0.15, -0.1) is 0 Å². The van der Waals surface area contributed by atoms with E-state index in [2.05, 4.69) is 43.0 Å². The molecular weight excluding hydrogens is 424 g/mol. The topological polar surface area (TPSA) is 84.0 Å². The molecule has 3 N–H and O–H groups in total. The largest absolute Gasteiger partial charge is 0.493 e. The summed E-state index contributed by atoms with van der Waals surface area (Å²) in [5.41, 5.74) is 4.06. The van der Waals surface area contributed by atoms with Crippen molar-refractivity contribution in [3.8, 4) is 5.75 Å². The van der Waals surface area contributed by atoms with Crippen LogP contribution >= 0.6 is 11.6 Å². The van der Waals surface area contributed by atoms with Gasteiger partial charge in [-0.3, -0.25) is 4.98 Å². The Morgan fingerprint density at radius 2 is 1.91 bits per heavy atom. The fraction of sp³-hybridized carbons (Fsp3) is 0.375. The molecule has 0 radical (unpaired) electrons. The average Bonchev–Trinajstić information content (AvgIpc) is 2.82. The second-order valence-electron chi connectivity index (χ2n) is 8.38. The minimum Gasteiger partial charge on any atom is -0.493 e. The Kier molecular flexibility index (Phi) is 6.36. The Balaban J connectivity index is 1.40. The van der Waals surface area contributed by atoms with E-state index in [0.29, 0.717) is 16.8 Å². The average molecular weight is 451 g/mol. The molecule has 0 unspecified atom stereocenters. The summed E-state index contributed by atoms with van der Waals surface area (Å²) in [6, 6.07) is 8.26. The molecule has 5 rings (SSSR count). The number of ether oxygens (including phenoxy) is 1. The molecule has 2 aliphatic rings. The first kappa shape index (κ1) is 21.0. The number of nitrogens with zero attached hydrogens (tertiary/aromatic N) is 3. The maximum Gasteiger partial charge on any atom is 0.229 e. The lowest BCUT2D eigenvalue weighted by atomic mass is 9.95. The predicted octanol–water partition coefficient (Wildman–Crippen LogP) is 4.88. The second-order valence-corrected chi connectivity index (χ2v) is 8.78. The zero-order chi connectivity index (χ0) is 21.8. The van der Waals surface area contributed by atoms with Crippen molar-refractivity contribution in [3.05, 3.63) is 59.0 Å². The minimum atomic E-state index is 0.459. The maximum atomic E-state index is 6.35. The van der Waals surface area contributed by atoms with E-state index >= 15 is 0 Å². The molecular formula is C24H27ClN6O. The molecule has 2 aromatic heterocycles. The van der Waals surface area contributed by atoms with Crippen LogP contribution in [0.3, 0.4) is 0 Å². The zero-order valence-corrected chi connectivity index (χ0v) is 18.7. The third-order valence-electron chi connectivity index (χ3n) is 6.04. The summed E-state index contributed by atoms with van der Waals surface area (Å²) in [5.74, 6) is 2.71. The third kappa shape index (κ3) is 5.11. The smallest absolute Gasteiger partial charge is 0.229 e. The predicted molar refractivity (Wildman–Crippen MR) is 127 cm³/mol. The Morgan fingerprint density at radius 3 is 2.81 bits per heavy atom. The van der Waals surface area contributed by atoms with Gasteiger partial charge in [-0.25, -0.2) is 4.98 Å². The van der Waals surface area contributed by atoms with E-state index in [0.717, 1.165) is 73.1 Å². The molecule has 0 amide bonds. The normalized spacial score (nSPS) is 16.0. The molecule has 1 aromatic carbocycles. The van der Waals surface area contributed by atoms with E-state index in [4.69, 9.17) is 16.3 Å². The molecule has 4 heterocycles. The van der Waals surface area contributed by atoms with Gasteiger partial charge in [-0.1, -0.05) is 11.6 Å². The van der Waals surface area contributed by atoms with Crippen LogP contribution in [0.5, 0.6) is 5.75 Å². The van der Waals surface area contributed by atoms with Crippen LogP contribution in [0.1, 0.15) is 30.4 Å². The molecule has 1 fully saturated rings. The van der Waals surface area contributed by atoms with Crippen LogP contribution in [-0.4, -0.2) is 34.6 Å². The van der Waals surface area contributed by atoms with Crippen molar-refractivity contribution in [2.45, 2.75) is 32.1 Å². The molecule has 0 saturated carbocycles. The number of rotatable bonds is 4. The van der Waals surface area contributed by atoms with Crippen LogP contribution < -0.4 is 20.7 Å². The summed E-state index contributed by atoms with van der Waals surface area (Å²) in [6.07, 6.45) is 10.5. The Hall–Kier alpha value is -2.90. The SMILES string of the molecule is Clc1cnc2nc1Nc1ccc(OCCC3CCNCC3)c(c1)CCc1cncc(c1)N2. The van der Waals surface area contributed by atoms with Crippen LogP contribution in [0.25, 0.3) is 0 Å². The van der Waals surface area contributed by atoms with E-state index < -0.39 is 0 Å². The molecule has 0 spiro atoms. The van der Waals surface area contributed by atoms with Gasteiger partial charge in [0.05, 0.1) is 24.7 Å². The molecule has 32 heavy (non-hydrogen) atoms. The zero-order valence-electron chi connectivity index (χ0n) is 17.9. The fourth-order valence-corrected chi connectivity index (χ4v) is 4.39. The van der Waals surface area contributed by atoms with Crippen LogP contribution in [0.2, 0.25) is 5.02 Å². The van der Waals surface area contributed by atoms with Crippen molar-refractivity contribution in [3.63, 3.8) is 0 Å². The van der Waals surface area contributed by atoms with E-state index in [1.165, 1.54) is 12.8 Å². The first-order valence-electron chi connectivity index (χ1n) is 11.2. The highest BCUT2D eigenvalue weighted by Gasteiger charge is 2.15.